The Labute approximate surface area is 121 Å². The summed E-state index contributed by atoms with van der Waals surface area (Å²) in [5, 5.41) is 8.86. The molecule has 0 saturated heterocycles. The molecule has 0 heterocycles. The number of hydrogen-bond acceptors (Lipinski definition) is 4. The van der Waals surface area contributed by atoms with E-state index in [4.69, 9.17) is 22.6 Å². The summed E-state index contributed by atoms with van der Waals surface area (Å²) in [7, 11) is -3.86. The largest absolute Gasteiger partial charge is 0.399 e. The lowest BCUT2D eigenvalue weighted by atomic mass is 10.2. The van der Waals surface area contributed by atoms with Gasteiger partial charge < -0.3 is 5.73 Å². The molecule has 0 radical (unpaired) electrons. The van der Waals surface area contributed by atoms with E-state index in [9.17, 15) is 8.42 Å². The van der Waals surface area contributed by atoms with Crippen molar-refractivity contribution in [2.75, 3.05) is 10.5 Å². The first kappa shape index (κ1) is 14.2. The molecule has 102 valence electrons. The van der Waals surface area contributed by atoms with Crippen molar-refractivity contribution in [2.24, 2.45) is 0 Å². The second-order valence-electron chi connectivity index (χ2n) is 3.98. The molecular formula is C13H10ClN3O2S. The highest BCUT2D eigenvalue weighted by atomic mass is 35.5. The molecule has 0 spiro atoms. The second-order valence-corrected chi connectivity index (χ2v) is 6.04. The van der Waals surface area contributed by atoms with Crippen molar-refractivity contribution in [1.82, 2.24) is 0 Å². The Morgan fingerprint density at radius 2 is 1.80 bits per heavy atom. The third kappa shape index (κ3) is 3.02. The van der Waals surface area contributed by atoms with E-state index in [-0.39, 0.29) is 15.5 Å². The number of hydrogen-bond donors (Lipinski definition) is 2. The molecule has 7 heteroatoms. The summed E-state index contributed by atoms with van der Waals surface area (Å²) in [6.07, 6.45) is 0. The van der Waals surface area contributed by atoms with Gasteiger partial charge in [-0.15, -0.1) is 0 Å². The molecule has 20 heavy (non-hydrogen) atoms. The molecule has 0 bridgehead atoms. The Morgan fingerprint density at radius 3 is 2.40 bits per heavy atom. The van der Waals surface area contributed by atoms with Crippen LogP contribution in [0.5, 0.6) is 0 Å². The highest BCUT2D eigenvalue weighted by molar-refractivity contribution is 7.92. The van der Waals surface area contributed by atoms with Gasteiger partial charge in [0.15, 0.2) is 0 Å². The predicted molar refractivity (Wildman–Crippen MR) is 77.8 cm³/mol. The first-order valence-electron chi connectivity index (χ1n) is 5.50. The lowest BCUT2D eigenvalue weighted by Gasteiger charge is -2.10. The standard InChI is InChI=1S/C13H10ClN3O2S/c14-12-6-1-9(8-15)7-13(12)20(18,19)17-11-4-2-10(16)3-5-11/h1-7,17H,16H2. The zero-order valence-corrected chi connectivity index (χ0v) is 11.7. The topological polar surface area (TPSA) is 96.0 Å². The monoisotopic (exact) mass is 307 g/mol. The van der Waals surface area contributed by atoms with E-state index >= 15 is 0 Å². The molecule has 0 fully saturated rings. The first-order chi connectivity index (χ1) is 9.42. The van der Waals surface area contributed by atoms with Gasteiger partial charge in [0, 0.05) is 11.4 Å². The van der Waals surface area contributed by atoms with E-state index in [2.05, 4.69) is 4.72 Å². The number of nitrogens with zero attached hydrogens (tertiary/aromatic N) is 1. The number of nitrogens with two attached hydrogens (primary N) is 1. The fourth-order valence-corrected chi connectivity index (χ4v) is 3.13. The summed E-state index contributed by atoms with van der Waals surface area (Å²) >= 11 is 5.88. The first-order valence-corrected chi connectivity index (χ1v) is 7.36. The summed E-state index contributed by atoms with van der Waals surface area (Å²) < 4.78 is 26.9. The molecule has 2 aromatic rings. The average molecular weight is 308 g/mol. The Balaban J connectivity index is 2.40. The maximum Gasteiger partial charge on any atom is 0.263 e. The molecule has 0 atom stereocenters. The zero-order valence-electron chi connectivity index (χ0n) is 10.2. The minimum absolute atomic E-state index is 0.0481. The summed E-state index contributed by atoms with van der Waals surface area (Å²) in [6.45, 7) is 0. The number of nitrogen functional groups attached to an aromatic ring is 1. The summed E-state index contributed by atoms with van der Waals surface area (Å²) in [6, 6.07) is 12.1. The van der Waals surface area contributed by atoms with E-state index in [1.165, 1.54) is 30.3 Å². The molecule has 2 aromatic carbocycles. The lowest BCUT2D eigenvalue weighted by Crippen LogP contribution is -2.13. The third-order valence-corrected chi connectivity index (χ3v) is 4.38. The van der Waals surface area contributed by atoms with Crippen molar-refractivity contribution in [1.29, 1.82) is 5.26 Å². The fourth-order valence-electron chi connectivity index (χ4n) is 1.54. The Morgan fingerprint density at radius 1 is 1.15 bits per heavy atom. The van der Waals surface area contributed by atoms with E-state index < -0.39 is 10.0 Å². The molecule has 2 rings (SSSR count). The third-order valence-electron chi connectivity index (χ3n) is 2.51. The van der Waals surface area contributed by atoms with E-state index in [1.807, 2.05) is 6.07 Å². The molecule has 0 aliphatic carbocycles. The van der Waals surface area contributed by atoms with Crippen LogP contribution < -0.4 is 10.5 Å². The predicted octanol–water partition coefficient (Wildman–Crippen LogP) is 2.59. The van der Waals surface area contributed by atoms with Crippen LogP contribution >= 0.6 is 11.6 Å². The van der Waals surface area contributed by atoms with Gasteiger partial charge in [0.2, 0.25) is 0 Å². The number of nitrogens with one attached hydrogen (secondary N) is 1. The molecule has 0 aliphatic heterocycles. The van der Waals surface area contributed by atoms with E-state index in [0.717, 1.165) is 0 Å². The molecule has 0 unspecified atom stereocenters. The minimum Gasteiger partial charge on any atom is -0.399 e. The van der Waals surface area contributed by atoms with Crippen molar-refractivity contribution in [3.63, 3.8) is 0 Å². The second kappa shape index (κ2) is 5.41. The molecule has 0 aliphatic rings. The van der Waals surface area contributed by atoms with Crippen LogP contribution in [-0.4, -0.2) is 8.42 Å². The van der Waals surface area contributed by atoms with Crippen LogP contribution in [0.2, 0.25) is 5.02 Å². The number of halogens is 1. The van der Waals surface area contributed by atoms with Gasteiger partial charge in [0.1, 0.15) is 4.90 Å². The molecule has 0 amide bonds. The number of nitriles is 1. The Hall–Kier alpha value is -2.23. The zero-order chi connectivity index (χ0) is 14.8. The number of sulfonamides is 1. The maximum atomic E-state index is 12.2. The van der Waals surface area contributed by atoms with Crippen molar-refractivity contribution in [3.05, 3.63) is 53.1 Å². The van der Waals surface area contributed by atoms with Gasteiger partial charge >= 0.3 is 0 Å². The number of benzene rings is 2. The van der Waals surface area contributed by atoms with Crippen molar-refractivity contribution >= 4 is 33.0 Å². The van der Waals surface area contributed by atoms with Gasteiger partial charge in [-0.1, -0.05) is 11.6 Å². The van der Waals surface area contributed by atoms with Crippen molar-refractivity contribution in [3.8, 4) is 6.07 Å². The van der Waals surface area contributed by atoms with Gasteiger partial charge in [-0.2, -0.15) is 5.26 Å². The number of anilines is 2. The SMILES string of the molecule is N#Cc1ccc(Cl)c(S(=O)(=O)Nc2ccc(N)cc2)c1. The van der Waals surface area contributed by atoms with Crippen LogP contribution in [0.4, 0.5) is 11.4 Å². The summed E-state index contributed by atoms with van der Waals surface area (Å²) in [4.78, 5) is -0.143. The van der Waals surface area contributed by atoms with Gasteiger partial charge in [-0.05, 0) is 42.5 Å². The van der Waals surface area contributed by atoms with Crippen LogP contribution in [0.15, 0.2) is 47.4 Å². The number of rotatable bonds is 3. The van der Waals surface area contributed by atoms with Crippen LogP contribution in [0, 0.1) is 11.3 Å². The van der Waals surface area contributed by atoms with E-state index in [0.29, 0.717) is 11.4 Å². The molecule has 0 aromatic heterocycles. The lowest BCUT2D eigenvalue weighted by molar-refractivity contribution is 0.601. The van der Waals surface area contributed by atoms with Gasteiger partial charge in [-0.25, -0.2) is 8.42 Å². The molecule has 3 N–H and O–H groups in total. The molecule has 0 saturated carbocycles. The summed E-state index contributed by atoms with van der Waals surface area (Å²) in [5.74, 6) is 0. The van der Waals surface area contributed by atoms with Gasteiger partial charge in [-0.3, -0.25) is 4.72 Å². The highest BCUT2D eigenvalue weighted by Gasteiger charge is 2.18. The molecular weight excluding hydrogens is 298 g/mol. The van der Waals surface area contributed by atoms with Crippen molar-refractivity contribution < 1.29 is 8.42 Å². The average Bonchev–Trinajstić information content (AvgIpc) is 2.41. The van der Waals surface area contributed by atoms with Crippen molar-refractivity contribution in [2.45, 2.75) is 4.90 Å². The van der Waals surface area contributed by atoms with E-state index in [1.54, 1.807) is 12.1 Å². The Bertz CT molecular complexity index is 780. The Kier molecular flexibility index (Phi) is 3.84. The van der Waals surface area contributed by atoms with Crippen LogP contribution in [-0.2, 0) is 10.0 Å². The highest BCUT2D eigenvalue weighted by Crippen LogP contribution is 2.25. The molecule has 5 nitrogen and oxygen atoms in total. The minimum atomic E-state index is -3.86. The summed E-state index contributed by atoms with van der Waals surface area (Å²) in [5.41, 5.74) is 6.63. The van der Waals surface area contributed by atoms with Crippen LogP contribution in [0.1, 0.15) is 5.56 Å². The normalized spacial score (nSPS) is 10.8. The van der Waals surface area contributed by atoms with Gasteiger partial charge in [0.25, 0.3) is 10.0 Å². The van der Waals surface area contributed by atoms with Gasteiger partial charge in [0.05, 0.1) is 16.7 Å². The van der Waals surface area contributed by atoms with Crippen LogP contribution in [0.25, 0.3) is 0 Å². The fraction of sp³-hybridized carbons (Fsp3) is 0. The quantitative estimate of drug-likeness (QED) is 0.852. The maximum absolute atomic E-state index is 12.2. The van der Waals surface area contributed by atoms with Crippen LogP contribution in [0.3, 0.4) is 0 Å². The smallest absolute Gasteiger partial charge is 0.263 e.